The van der Waals surface area contributed by atoms with Gasteiger partial charge in [-0.25, -0.2) is 4.79 Å². The smallest absolute Gasteiger partial charge is 0.333 e. The zero-order valence-electron chi connectivity index (χ0n) is 23.8. The number of Topliss-reactive ketones (excluding diaryl/α,β-unsaturated/α-hetero) is 1. The molecule has 0 aromatic carbocycles. The molecule has 4 aliphatic carbocycles. The maximum Gasteiger partial charge on any atom is 0.333 e. The molecule has 0 aromatic rings. The van der Waals surface area contributed by atoms with E-state index in [9.17, 15) is 9.59 Å². The molecule has 0 aromatic heterocycles. The molecule has 0 amide bonds. The van der Waals surface area contributed by atoms with Crippen LogP contribution in [-0.2, 0) is 14.3 Å². The second-order valence-corrected chi connectivity index (χ2v) is 13.7. The lowest BCUT2D eigenvalue weighted by Gasteiger charge is -2.61. The van der Waals surface area contributed by atoms with Gasteiger partial charge >= 0.3 is 5.97 Å². The third-order valence-corrected chi connectivity index (χ3v) is 11.9. The van der Waals surface area contributed by atoms with Gasteiger partial charge in [0.1, 0.15) is 5.78 Å². The summed E-state index contributed by atoms with van der Waals surface area (Å²) in [5.41, 5.74) is 4.94. The second-order valence-electron chi connectivity index (χ2n) is 13.7. The van der Waals surface area contributed by atoms with Crippen LogP contribution in [0.1, 0.15) is 120 Å². The van der Waals surface area contributed by atoms with Crippen LogP contribution >= 0.6 is 0 Å². The van der Waals surface area contributed by atoms with Crippen molar-refractivity contribution in [3.05, 3.63) is 22.8 Å². The number of carbonyl (C=O) groups is 2. The van der Waals surface area contributed by atoms with Crippen LogP contribution in [0.3, 0.4) is 0 Å². The third-order valence-electron chi connectivity index (χ3n) is 11.9. The number of allylic oxidation sites excluding steroid dienone is 3. The Balaban J connectivity index is 1.55. The molecule has 0 N–H and O–H groups in total. The number of esters is 1. The summed E-state index contributed by atoms with van der Waals surface area (Å²) < 4.78 is 5.14. The Bertz CT molecular complexity index is 938. The first-order valence-electron chi connectivity index (χ1n) is 14.4. The minimum atomic E-state index is -0.185. The van der Waals surface area contributed by atoms with Crippen molar-refractivity contribution >= 4 is 11.8 Å². The predicted molar refractivity (Wildman–Crippen MR) is 143 cm³/mol. The van der Waals surface area contributed by atoms with E-state index in [0.29, 0.717) is 29.6 Å². The van der Waals surface area contributed by atoms with Crippen molar-refractivity contribution in [3.63, 3.8) is 0 Å². The molecule has 3 heteroatoms. The fraction of sp³-hybridized carbons (Fsp3) is 0.812. The number of carbonyl (C=O) groups excluding carboxylic acids is 2. The van der Waals surface area contributed by atoms with Gasteiger partial charge in [0.05, 0.1) is 6.61 Å². The van der Waals surface area contributed by atoms with E-state index in [0.717, 1.165) is 37.2 Å². The number of fused-ring (bicyclic) bond motifs is 4. The van der Waals surface area contributed by atoms with Gasteiger partial charge < -0.3 is 4.74 Å². The minimum Gasteiger partial charge on any atom is -0.463 e. The minimum absolute atomic E-state index is 0.177. The van der Waals surface area contributed by atoms with E-state index in [-0.39, 0.29) is 22.2 Å². The van der Waals surface area contributed by atoms with E-state index in [1.54, 1.807) is 11.1 Å². The zero-order valence-corrected chi connectivity index (χ0v) is 23.8. The Morgan fingerprint density at radius 2 is 1.74 bits per heavy atom. The van der Waals surface area contributed by atoms with Crippen molar-refractivity contribution < 1.29 is 14.3 Å². The molecule has 0 aliphatic heterocycles. The van der Waals surface area contributed by atoms with Gasteiger partial charge in [-0.15, -0.1) is 0 Å². The van der Waals surface area contributed by atoms with E-state index in [1.165, 1.54) is 38.5 Å². The number of hydrogen-bond donors (Lipinski definition) is 0. The van der Waals surface area contributed by atoms with Gasteiger partial charge in [0.15, 0.2) is 0 Å². The van der Waals surface area contributed by atoms with Crippen LogP contribution in [-0.4, -0.2) is 18.4 Å². The van der Waals surface area contributed by atoms with Crippen molar-refractivity contribution in [2.45, 2.75) is 120 Å². The van der Waals surface area contributed by atoms with Gasteiger partial charge in [0.25, 0.3) is 0 Å². The first-order chi connectivity index (χ1) is 16.3. The van der Waals surface area contributed by atoms with Gasteiger partial charge in [-0.3, -0.25) is 4.79 Å². The van der Waals surface area contributed by atoms with Gasteiger partial charge in [-0.05, 0) is 106 Å². The first-order valence-corrected chi connectivity index (χ1v) is 14.4. The van der Waals surface area contributed by atoms with Crippen molar-refractivity contribution in [3.8, 4) is 0 Å². The Labute approximate surface area is 214 Å². The van der Waals surface area contributed by atoms with Crippen LogP contribution in [0, 0.1) is 39.4 Å². The monoisotopic (exact) mass is 482 g/mol. The van der Waals surface area contributed by atoms with E-state index >= 15 is 0 Å². The fourth-order valence-corrected chi connectivity index (χ4v) is 9.53. The number of ether oxygens (including phenoxy) is 1. The van der Waals surface area contributed by atoms with Crippen molar-refractivity contribution in [2.24, 2.45) is 39.4 Å². The first kappa shape index (κ1) is 26.7. The highest BCUT2D eigenvalue weighted by atomic mass is 16.5. The van der Waals surface area contributed by atoms with Crippen LogP contribution in [0.5, 0.6) is 0 Å². The molecule has 2 fully saturated rings. The molecule has 0 radical (unpaired) electrons. The zero-order chi connectivity index (χ0) is 25.8. The summed E-state index contributed by atoms with van der Waals surface area (Å²) >= 11 is 0. The molecule has 1 unspecified atom stereocenters. The van der Waals surface area contributed by atoms with Gasteiger partial charge in [0.2, 0.25) is 0 Å². The number of ketones is 1. The normalized spacial score (nSPS) is 39.5. The lowest BCUT2D eigenvalue weighted by atomic mass is 9.43. The molecule has 0 heterocycles. The van der Waals surface area contributed by atoms with Crippen LogP contribution in [0.4, 0.5) is 0 Å². The second kappa shape index (κ2) is 9.18. The van der Waals surface area contributed by atoms with Gasteiger partial charge in [-0.2, -0.15) is 0 Å². The molecule has 0 saturated heterocycles. The van der Waals surface area contributed by atoms with Crippen molar-refractivity contribution in [1.29, 1.82) is 0 Å². The summed E-state index contributed by atoms with van der Waals surface area (Å²) in [5.74, 6) is 2.18. The molecule has 35 heavy (non-hydrogen) atoms. The van der Waals surface area contributed by atoms with Gasteiger partial charge in [-0.1, -0.05) is 58.8 Å². The lowest BCUT2D eigenvalue weighted by molar-refractivity contribution is -0.140. The molecule has 4 aliphatic rings. The third kappa shape index (κ3) is 3.98. The van der Waals surface area contributed by atoms with E-state index in [2.05, 4.69) is 47.6 Å². The Hall–Kier alpha value is -1.38. The Morgan fingerprint density at radius 3 is 2.43 bits per heavy atom. The van der Waals surface area contributed by atoms with Gasteiger partial charge in [0, 0.05) is 17.4 Å². The summed E-state index contributed by atoms with van der Waals surface area (Å²) in [6.07, 6.45) is 13.5. The largest absolute Gasteiger partial charge is 0.463 e. The van der Waals surface area contributed by atoms with Crippen LogP contribution in [0.25, 0.3) is 0 Å². The Morgan fingerprint density at radius 1 is 1.03 bits per heavy atom. The number of rotatable bonds is 6. The summed E-state index contributed by atoms with van der Waals surface area (Å²) in [4.78, 5) is 24.8. The molecular weight excluding hydrogens is 432 g/mol. The molecular formula is C32H50O3. The van der Waals surface area contributed by atoms with E-state index in [4.69, 9.17) is 4.74 Å². The summed E-state index contributed by atoms with van der Waals surface area (Å²) in [7, 11) is 0. The maximum atomic E-state index is 12.8. The topological polar surface area (TPSA) is 43.4 Å². The highest BCUT2D eigenvalue weighted by molar-refractivity contribution is 5.87. The van der Waals surface area contributed by atoms with Crippen LogP contribution in [0.2, 0.25) is 0 Å². The quantitative estimate of drug-likeness (QED) is 0.217. The summed E-state index contributed by atoms with van der Waals surface area (Å²) in [6.45, 7) is 18.8. The maximum absolute atomic E-state index is 12.8. The molecule has 0 spiro atoms. The molecule has 6 atom stereocenters. The molecule has 0 bridgehead atoms. The van der Waals surface area contributed by atoms with Crippen LogP contribution < -0.4 is 0 Å². The molecule has 196 valence electrons. The molecule has 2 saturated carbocycles. The average Bonchev–Trinajstić information content (AvgIpc) is 3.08. The predicted octanol–water partition coefficient (Wildman–Crippen LogP) is 8.23. The van der Waals surface area contributed by atoms with Crippen molar-refractivity contribution in [1.82, 2.24) is 0 Å². The number of hydrogen-bond acceptors (Lipinski definition) is 3. The standard InChI is InChI=1S/C32H50O3/c1-9-35-28(34)22(3)12-10-11-21(2)23-15-19-32(8)25-13-14-26-29(4,5)27(33)17-18-30(26,6)24(25)16-20-31(23,32)7/h12,21,23,26H,9-11,13-20H2,1-8H3/t21-,23-,26?,30-,31-,32+/m1/s1. The highest BCUT2D eigenvalue weighted by Crippen LogP contribution is 2.72. The van der Waals surface area contributed by atoms with E-state index in [1.807, 2.05) is 13.8 Å². The Kier molecular flexibility index (Phi) is 6.99. The fourth-order valence-electron chi connectivity index (χ4n) is 9.53. The molecule has 4 rings (SSSR count). The highest BCUT2D eigenvalue weighted by Gasteiger charge is 2.63. The summed E-state index contributed by atoms with van der Waals surface area (Å²) in [6, 6.07) is 0. The van der Waals surface area contributed by atoms with Crippen molar-refractivity contribution in [2.75, 3.05) is 6.61 Å². The van der Waals surface area contributed by atoms with Crippen LogP contribution in [0.15, 0.2) is 22.8 Å². The lowest BCUT2D eigenvalue weighted by Crippen LogP contribution is -2.53. The summed E-state index contributed by atoms with van der Waals surface area (Å²) in [5, 5.41) is 0. The average molecular weight is 483 g/mol. The SMILES string of the molecule is CCOC(=O)C(C)=CCC[C@@H](C)[C@H]1CC[C@@]2(C)C3=C(CC[C@]12C)[C@@]1(C)CCC(=O)C(C)(C)C1CC3. The molecule has 3 nitrogen and oxygen atoms in total. The van der Waals surface area contributed by atoms with E-state index < -0.39 is 0 Å².